The first kappa shape index (κ1) is 24.0. The van der Waals surface area contributed by atoms with Gasteiger partial charge in [-0.05, 0) is 68.0 Å². The number of alkyl halides is 3. The molecular weight excluding hydrogens is 433 g/mol. The van der Waals surface area contributed by atoms with Crippen molar-refractivity contribution in [2.24, 2.45) is 11.3 Å². The summed E-state index contributed by atoms with van der Waals surface area (Å²) in [5.74, 6) is -1.86. The number of thiophene rings is 1. The summed E-state index contributed by atoms with van der Waals surface area (Å²) in [4.78, 5) is 25.2. The summed E-state index contributed by atoms with van der Waals surface area (Å²) in [6.07, 6.45) is 1.55. The van der Waals surface area contributed by atoms with E-state index in [9.17, 15) is 18.0 Å². The van der Waals surface area contributed by atoms with E-state index in [-0.39, 0.29) is 17.4 Å². The van der Waals surface area contributed by atoms with Gasteiger partial charge in [0.25, 0.3) is 0 Å². The molecule has 1 atom stereocenters. The summed E-state index contributed by atoms with van der Waals surface area (Å²) >= 11 is 1.85. The van der Waals surface area contributed by atoms with Crippen LogP contribution in [-0.4, -0.2) is 60.4 Å². The highest BCUT2D eigenvalue weighted by Crippen LogP contribution is 2.41. The average Bonchev–Trinajstić information content (AvgIpc) is 3.37. The van der Waals surface area contributed by atoms with Gasteiger partial charge >= 0.3 is 12.1 Å². The van der Waals surface area contributed by atoms with Gasteiger partial charge in [0, 0.05) is 24.4 Å². The highest BCUT2D eigenvalue weighted by atomic mass is 32.1. The van der Waals surface area contributed by atoms with Gasteiger partial charge in [-0.1, -0.05) is 6.07 Å². The molecule has 4 rings (SSSR count). The first-order valence-electron chi connectivity index (χ1n) is 10.6. The minimum absolute atomic E-state index is 0.210. The first-order chi connectivity index (χ1) is 14.7. The van der Waals surface area contributed by atoms with Crippen LogP contribution in [0.2, 0.25) is 0 Å². The van der Waals surface area contributed by atoms with E-state index in [1.54, 1.807) is 0 Å². The number of halogens is 3. The zero-order valence-electron chi connectivity index (χ0n) is 17.3. The van der Waals surface area contributed by atoms with Crippen molar-refractivity contribution in [1.29, 1.82) is 0 Å². The van der Waals surface area contributed by atoms with Crippen molar-refractivity contribution in [3.63, 3.8) is 0 Å². The van der Waals surface area contributed by atoms with E-state index in [1.165, 1.54) is 30.6 Å². The van der Waals surface area contributed by atoms with E-state index in [0.717, 1.165) is 39.1 Å². The van der Waals surface area contributed by atoms with Crippen molar-refractivity contribution >= 4 is 23.2 Å². The van der Waals surface area contributed by atoms with Crippen LogP contribution in [0.4, 0.5) is 13.2 Å². The molecule has 1 aromatic rings. The number of nitrogens with zero attached hydrogens (tertiary/aromatic N) is 1. The number of aliphatic carboxylic acids is 1. The number of rotatable bonds is 5. The zero-order chi connectivity index (χ0) is 22.5. The maximum absolute atomic E-state index is 12.3. The normalized spacial score (nSPS) is 23.6. The first-order valence-corrected chi connectivity index (χ1v) is 11.5. The second-order valence-corrected chi connectivity index (χ2v) is 9.65. The van der Waals surface area contributed by atoms with Crippen LogP contribution in [0.5, 0.6) is 0 Å². The Morgan fingerprint density at radius 3 is 2.48 bits per heavy atom. The molecule has 10 heteroatoms. The minimum Gasteiger partial charge on any atom is -0.475 e. The maximum Gasteiger partial charge on any atom is 0.490 e. The van der Waals surface area contributed by atoms with Crippen LogP contribution in [0.3, 0.4) is 0 Å². The van der Waals surface area contributed by atoms with Crippen molar-refractivity contribution in [2.45, 2.75) is 57.3 Å². The molecule has 2 aliphatic heterocycles. The number of carbonyl (C=O) groups is 2. The van der Waals surface area contributed by atoms with Crippen molar-refractivity contribution in [3.05, 3.63) is 22.4 Å². The lowest BCUT2D eigenvalue weighted by molar-refractivity contribution is -0.192. The number of ether oxygens (including phenoxy) is 1. The molecular formula is C21H29F3N2O4S. The molecule has 3 fully saturated rings. The van der Waals surface area contributed by atoms with Crippen LogP contribution in [0, 0.1) is 11.3 Å². The van der Waals surface area contributed by atoms with Gasteiger partial charge in [0.05, 0.1) is 12.6 Å². The number of nitrogens with one attached hydrogen (secondary N) is 1. The summed E-state index contributed by atoms with van der Waals surface area (Å²) in [6.45, 7) is 4.88. The summed E-state index contributed by atoms with van der Waals surface area (Å²) in [7, 11) is 0. The quantitative estimate of drug-likeness (QED) is 0.698. The molecule has 1 aromatic heterocycles. The Labute approximate surface area is 183 Å². The van der Waals surface area contributed by atoms with E-state index < -0.39 is 12.1 Å². The lowest BCUT2D eigenvalue weighted by Gasteiger charge is -2.49. The standard InChI is InChI=1S/C19H28N2O2S.C2HF3O2/c22-18(12-15-3-4-15)20-17-14-23-10-7-19(17)5-8-21(9-6-19)13-16-2-1-11-24-16;3-2(4,5)1(6)7/h1-2,11,15,17H,3-10,12-14H2,(H,20,22);(H,6,7). The van der Waals surface area contributed by atoms with Crippen LogP contribution in [0.15, 0.2) is 17.5 Å². The van der Waals surface area contributed by atoms with Crippen molar-refractivity contribution in [2.75, 3.05) is 26.3 Å². The van der Waals surface area contributed by atoms with E-state index in [2.05, 4.69) is 27.7 Å². The molecule has 6 nitrogen and oxygen atoms in total. The molecule has 3 heterocycles. The fraction of sp³-hybridized carbons (Fsp3) is 0.714. The number of carbonyl (C=O) groups excluding carboxylic acids is 1. The molecule has 174 valence electrons. The molecule has 1 saturated carbocycles. The van der Waals surface area contributed by atoms with Gasteiger partial charge in [0.2, 0.25) is 5.91 Å². The molecule has 2 saturated heterocycles. The third-order valence-electron chi connectivity index (χ3n) is 6.33. The Bertz CT molecular complexity index is 729. The summed E-state index contributed by atoms with van der Waals surface area (Å²) in [5, 5.41) is 12.6. The summed E-state index contributed by atoms with van der Waals surface area (Å²) in [6, 6.07) is 4.57. The van der Waals surface area contributed by atoms with Gasteiger partial charge in [-0.15, -0.1) is 11.3 Å². The van der Waals surface area contributed by atoms with Crippen LogP contribution < -0.4 is 5.32 Å². The molecule has 1 aliphatic carbocycles. The molecule has 0 radical (unpaired) electrons. The van der Waals surface area contributed by atoms with Gasteiger partial charge in [0.15, 0.2) is 0 Å². The van der Waals surface area contributed by atoms with Crippen molar-refractivity contribution in [1.82, 2.24) is 10.2 Å². The van der Waals surface area contributed by atoms with E-state index in [0.29, 0.717) is 12.5 Å². The number of carboxylic acids is 1. The fourth-order valence-electron chi connectivity index (χ4n) is 4.24. The van der Waals surface area contributed by atoms with Crippen LogP contribution in [-0.2, 0) is 20.9 Å². The van der Waals surface area contributed by atoms with Crippen LogP contribution >= 0.6 is 11.3 Å². The highest BCUT2D eigenvalue weighted by molar-refractivity contribution is 7.09. The second kappa shape index (κ2) is 10.3. The topological polar surface area (TPSA) is 78.9 Å². The Morgan fingerprint density at radius 1 is 1.26 bits per heavy atom. The average molecular weight is 463 g/mol. The number of piperidine rings is 1. The summed E-state index contributed by atoms with van der Waals surface area (Å²) in [5.41, 5.74) is 0.253. The number of likely N-dealkylation sites (tertiary alicyclic amines) is 1. The summed E-state index contributed by atoms with van der Waals surface area (Å²) < 4.78 is 37.5. The minimum atomic E-state index is -5.08. The highest BCUT2D eigenvalue weighted by Gasteiger charge is 2.44. The Kier molecular flexibility index (Phi) is 7.98. The molecule has 1 amide bonds. The van der Waals surface area contributed by atoms with E-state index in [1.807, 2.05) is 11.3 Å². The third kappa shape index (κ3) is 7.18. The van der Waals surface area contributed by atoms with Gasteiger partial charge in [-0.2, -0.15) is 13.2 Å². The maximum atomic E-state index is 12.3. The number of amides is 1. The van der Waals surface area contributed by atoms with E-state index >= 15 is 0 Å². The van der Waals surface area contributed by atoms with Gasteiger partial charge < -0.3 is 15.2 Å². The smallest absolute Gasteiger partial charge is 0.475 e. The lowest BCUT2D eigenvalue weighted by atomic mass is 9.69. The number of hydrogen-bond acceptors (Lipinski definition) is 5. The molecule has 1 unspecified atom stereocenters. The second-order valence-electron chi connectivity index (χ2n) is 8.61. The molecule has 0 bridgehead atoms. The fourth-order valence-corrected chi connectivity index (χ4v) is 4.98. The zero-order valence-corrected chi connectivity index (χ0v) is 18.1. The largest absolute Gasteiger partial charge is 0.490 e. The van der Waals surface area contributed by atoms with Crippen LogP contribution in [0.1, 0.15) is 43.4 Å². The van der Waals surface area contributed by atoms with Crippen molar-refractivity contribution < 1.29 is 32.6 Å². The van der Waals surface area contributed by atoms with Gasteiger partial charge in [-0.25, -0.2) is 4.79 Å². The third-order valence-corrected chi connectivity index (χ3v) is 7.19. The molecule has 31 heavy (non-hydrogen) atoms. The monoisotopic (exact) mass is 462 g/mol. The van der Waals surface area contributed by atoms with Gasteiger partial charge in [-0.3, -0.25) is 9.69 Å². The Morgan fingerprint density at radius 2 is 1.94 bits per heavy atom. The molecule has 3 aliphatic rings. The predicted molar refractivity (Wildman–Crippen MR) is 110 cm³/mol. The van der Waals surface area contributed by atoms with Gasteiger partial charge in [0.1, 0.15) is 0 Å². The van der Waals surface area contributed by atoms with Crippen LogP contribution in [0.25, 0.3) is 0 Å². The Balaban J connectivity index is 0.000000339. The molecule has 0 aromatic carbocycles. The molecule has 1 spiro atoms. The van der Waals surface area contributed by atoms with E-state index in [4.69, 9.17) is 14.6 Å². The van der Waals surface area contributed by atoms with Crippen molar-refractivity contribution in [3.8, 4) is 0 Å². The number of hydrogen-bond donors (Lipinski definition) is 2. The number of carboxylic acid groups (broad SMARTS) is 1. The SMILES string of the molecule is O=C(CC1CC1)NC1COCCC12CCN(Cc1cccs1)CC2.O=C(O)C(F)(F)F. The molecule has 2 N–H and O–H groups in total. The Hall–Kier alpha value is -1.65. The predicted octanol–water partition coefficient (Wildman–Crippen LogP) is 3.67. The lowest BCUT2D eigenvalue weighted by Crippen LogP contribution is -2.57.